The number of benzene rings is 1. The van der Waals surface area contributed by atoms with Crippen molar-refractivity contribution in [1.82, 2.24) is 5.32 Å². The van der Waals surface area contributed by atoms with Crippen molar-refractivity contribution >= 4 is 11.4 Å². The molecule has 1 fully saturated rings. The van der Waals surface area contributed by atoms with Crippen LogP contribution in [0.4, 0.5) is 11.4 Å². The number of ether oxygens (including phenoxy) is 1. The molecule has 0 saturated carbocycles. The first-order chi connectivity index (χ1) is 10.0. The Bertz CT molecular complexity index is 505. The van der Waals surface area contributed by atoms with Crippen molar-refractivity contribution in [2.75, 3.05) is 31.6 Å². The molecule has 1 aromatic rings. The quantitative estimate of drug-likeness (QED) is 0.644. The Morgan fingerprint density at radius 3 is 2.90 bits per heavy atom. The van der Waals surface area contributed by atoms with Gasteiger partial charge in [0.1, 0.15) is 0 Å². The van der Waals surface area contributed by atoms with Gasteiger partial charge in [0.25, 0.3) is 0 Å². The summed E-state index contributed by atoms with van der Waals surface area (Å²) in [4.78, 5) is 12.9. The Morgan fingerprint density at radius 1 is 1.52 bits per heavy atom. The lowest BCUT2D eigenvalue weighted by atomic mass is 10.1. The van der Waals surface area contributed by atoms with E-state index in [0.717, 1.165) is 31.7 Å². The number of anilines is 1. The molecule has 1 saturated heterocycles. The van der Waals surface area contributed by atoms with Crippen LogP contribution in [0.1, 0.15) is 20.3 Å². The van der Waals surface area contributed by atoms with Crippen LogP contribution in [0.15, 0.2) is 18.2 Å². The van der Waals surface area contributed by atoms with Crippen LogP contribution in [-0.4, -0.2) is 37.7 Å². The molecule has 1 aromatic carbocycles. The summed E-state index contributed by atoms with van der Waals surface area (Å²) in [5.74, 6) is 0.976. The monoisotopic (exact) mass is 293 g/mol. The third-order valence-electron chi connectivity index (χ3n) is 3.65. The normalized spacial score (nSPS) is 18.3. The van der Waals surface area contributed by atoms with E-state index in [1.807, 2.05) is 27.0 Å². The Balaban J connectivity index is 2.19. The molecular formula is C15H23N3O3. The van der Waals surface area contributed by atoms with Gasteiger partial charge in [-0.3, -0.25) is 10.1 Å². The number of hydrogen-bond acceptors (Lipinski definition) is 5. The smallest absolute Gasteiger partial charge is 0.311 e. The van der Waals surface area contributed by atoms with Gasteiger partial charge in [0, 0.05) is 30.9 Å². The van der Waals surface area contributed by atoms with E-state index >= 15 is 0 Å². The Hall–Kier alpha value is -1.82. The molecule has 1 aliphatic rings. The van der Waals surface area contributed by atoms with Crippen molar-refractivity contribution in [2.24, 2.45) is 5.92 Å². The Labute approximate surface area is 125 Å². The van der Waals surface area contributed by atoms with Crippen LogP contribution in [0.2, 0.25) is 0 Å². The fourth-order valence-corrected chi connectivity index (χ4v) is 2.72. The maximum Gasteiger partial charge on any atom is 0.311 e. The van der Waals surface area contributed by atoms with Crippen LogP contribution >= 0.6 is 0 Å². The minimum atomic E-state index is -0.394. The average Bonchev–Trinajstić information content (AvgIpc) is 2.86. The highest BCUT2D eigenvalue weighted by Gasteiger charge is 2.24. The Kier molecular flexibility index (Phi) is 5.01. The van der Waals surface area contributed by atoms with Gasteiger partial charge in [-0.15, -0.1) is 0 Å². The van der Waals surface area contributed by atoms with Crippen LogP contribution in [0.3, 0.4) is 0 Å². The standard InChI is InChI=1S/C15H23N3O3/c1-11(2)21-15-8-13(4-5-14(15)18(19)20)17-7-6-12(10-17)9-16-3/h4-5,8,11-12,16H,6-7,9-10H2,1-3H3. The van der Waals surface area contributed by atoms with Gasteiger partial charge in [0.2, 0.25) is 0 Å². The summed E-state index contributed by atoms with van der Waals surface area (Å²) in [5, 5.41) is 14.3. The lowest BCUT2D eigenvalue weighted by Gasteiger charge is -2.20. The molecule has 6 nitrogen and oxygen atoms in total. The molecule has 1 N–H and O–H groups in total. The SMILES string of the molecule is CNCC1CCN(c2ccc([N+](=O)[O-])c(OC(C)C)c2)C1. The fraction of sp³-hybridized carbons (Fsp3) is 0.600. The number of nitro benzene ring substituents is 1. The number of rotatable bonds is 6. The second-order valence-corrected chi connectivity index (χ2v) is 5.73. The van der Waals surface area contributed by atoms with Gasteiger partial charge in [-0.2, -0.15) is 0 Å². The summed E-state index contributed by atoms with van der Waals surface area (Å²) in [6.07, 6.45) is 1.05. The van der Waals surface area contributed by atoms with Crippen LogP contribution in [0.25, 0.3) is 0 Å². The summed E-state index contributed by atoms with van der Waals surface area (Å²) < 4.78 is 5.60. The Morgan fingerprint density at radius 2 is 2.29 bits per heavy atom. The molecule has 0 aromatic heterocycles. The third kappa shape index (κ3) is 3.85. The molecule has 1 aliphatic heterocycles. The lowest BCUT2D eigenvalue weighted by molar-refractivity contribution is -0.386. The minimum absolute atomic E-state index is 0.0263. The predicted molar refractivity (Wildman–Crippen MR) is 83.1 cm³/mol. The number of nitro groups is 1. The summed E-state index contributed by atoms with van der Waals surface area (Å²) in [7, 11) is 1.96. The topological polar surface area (TPSA) is 67.6 Å². The third-order valence-corrected chi connectivity index (χ3v) is 3.65. The van der Waals surface area contributed by atoms with Crippen molar-refractivity contribution in [3.63, 3.8) is 0 Å². The zero-order chi connectivity index (χ0) is 15.4. The molecule has 0 amide bonds. The second kappa shape index (κ2) is 6.76. The molecule has 2 rings (SSSR count). The predicted octanol–water partition coefficient (Wildman–Crippen LogP) is 2.43. The van der Waals surface area contributed by atoms with Gasteiger partial charge in [-0.25, -0.2) is 0 Å². The van der Waals surface area contributed by atoms with Gasteiger partial charge in [0.15, 0.2) is 5.75 Å². The summed E-state index contributed by atoms with van der Waals surface area (Å²) in [6, 6.07) is 5.14. The van der Waals surface area contributed by atoms with Crippen molar-refractivity contribution in [3.05, 3.63) is 28.3 Å². The maximum atomic E-state index is 11.1. The highest BCUT2D eigenvalue weighted by atomic mass is 16.6. The average molecular weight is 293 g/mol. The van der Waals surface area contributed by atoms with Crippen molar-refractivity contribution in [3.8, 4) is 5.75 Å². The van der Waals surface area contributed by atoms with E-state index < -0.39 is 4.92 Å². The van der Waals surface area contributed by atoms with E-state index in [0.29, 0.717) is 11.7 Å². The van der Waals surface area contributed by atoms with Crippen LogP contribution in [0, 0.1) is 16.0 Å². The number of nitrogens with zero attached hydrogens (tertiary/aromatic N) is 2. The number of hydrogen-bond donors (Lipinski definition) is 1. The zero-order valence-corrected chi connectivity index (χ0v) is 12.8. The maximum absolute atomic E-state index is 11.1. The van der Waals surface area contributed by atoms with Gasteiger partial charge < -0.3 is 15.0 Å². The van der Waals surface area contributed by atoms with Gasteiger partial charge >= 0.3 is 5.69 Å². The van der Waals surface area contributed by atoms with Crippen LogP contribution < -0.4 is 15.0 Å². The van der Waals surface area contributed by atoms with E-state index in [-0.39, 0.29) is 11.8 Å². The molecule has 6 heteroatoms. The number of nitrogens with one attached hydrogen (secondary N) is 1. The van der Waals surface area contributed by atoms with E-state index in [9.17, 15) is 10.1 Å². The van der Waals surface area contributed by atoms with Gasteiger partial charge in [-0.05, 0) is 45.8 Å². The molecule has 1 unspecified atom stereocenters. The zero-order valence-electron chi connectivity index (χ0n) is 12.8. The first-order valence-electron chi connectivity index (χ1n) is 7.36. The highest BCUT2D eigenvalue weighted by Crippen LogP contribution is 2.34. The first kappa shape index (κ1) is 15.6. The largest absolute Gasteiger partial charge is 0.484 e. The molecule has 21 heavy (non-hydrogen) atoms. The molecule has 0 radical (unpaired) electrons. The lowest BCUT2D eigenvalue weighted by Crippen LogP contribution is -2.24. The second-order valence-electron chi connectivity index (χ2n) is 5.73. The molecule has 1 heterocycles. The van der Waals surface area contributed by atoms with Crippen molar-refractivity contribution in [1.29, 1.82) is 0 Å². The summed E-state index contributed by atoms with van der Waals surface area (Å²) in [6.45, 7) is 6.69. The molecule has 0 spiro atoms. The molecule has 116 valence electrons. The van der Waals surface area contributed by atoms with Crippen molar-refractivity contribution < 1.29 is 9.66 Å². The summed E-state index contributed by atoms with van der Waals surface area (Å²) in [5.41, 5.74) is 1.02. The molecule has 0 bridgehead atoms. The minimum Gasteiger partial charge on any atom is -0.484 e. The van der Waals surface area contributed by atoms with E-state index in [1.165, 1.54) is 0 Å². The van der Waals surface area contributed by atoms with E-state index in [1.54, 1.807) is 12.1 Å². The van der Waals surface area contributed by atoms with Gasteiger partial charge in [-0.1, -0.05) is 0 Å². The van der Waals surface area contributed by atoms with E-state index in [2.05, 4.69) is 10.2 Å². The van der Waals surface area contributed by atoms with Crippen molar-refractivity contribution in [2.45, 2.75) is 26.4 Å². The fourth-order valence-electron chi connectivity index (χ4n) is 2.72. The molecule has 0 aliphatic carbocycles. The first-order valence-corrected chi connectivity index (χ1v) is 7.36. The van der Waals surface area contributed by atoms with Crippen LogP contribution in [0.5, 0.6) is 5.75 Å². The summed E-state index contributed by atoms with van der Waals surface area (Å²) >= 11 is 0. The highest BCUT2D eigenvalue weighted by molar-refractivity contribution is 5.59. The molecule has 1 atom stereocenters. The van der Waals surface area contributed by atoms with Gasteiger partial charge in [0.05, 0.1) is 11.0 Å². The molecular weight excluding hydrogens is 270 g/mol. The van der Waals surface area contributed by atoms with Crippen LogP contribution in [-0.2, 0) is 0 Å². The van der Waals surface area contributed by atoms with E-state index in [4.69, 9.17) is 4.74 Å².